The fraction of sp³-hybridized carbons (Fsp3) is 0.0182. The van der Waals surface area contributed by atoms with Crippen molar-refractivity contribution in [3.8, 4) is 55.9 Å². The van der Waals surface area contributed by atoms with Crippen molar-refractivity contribution < 1.29 is 0 Å². The van der Waals surface area contributed by atoms with Crippen molar-refractivity contribution in [3.05, 3.63) is 217 Å². The number of para-hydroxylation sites is 3. The molecule has 266 valence electrons. The minimum Gasteiger partial charge on any atom is -0.309 e. The summed E-state index contributed by atoms with van der Waals surface area (Å²) in [5.41, 5.74) is 20.2. The fourth-order valence-electron chi connectivity index (χ4n) is 9.66. The van der Waals surface area contributed by atoms with Gasteiger partial charge < -0.3 is 9.13 Å². The average Bonchev–Trinajstić information content (AvgIpc) is 3.95. The van der Waals surface area contributed by atoms with E-state index < -0.39 is 0 Å². The lowest BCUT2D eigenvalue weighted by molar-refractivity contribution is 1.12. The molecule has 0 spiro atoms. The van der Waals surface area contributed by atoms with Gasteiger partial charge in [0.25, 0.3) is 0 Å². The highest BCUT2D eigenvalue weighted by atomic mass is 15.0. The van der Waals surface area contributed by atoms with E-state index in [1.165, 1.54) is 111 Å². The lowest BCUT2D eigenvalue weighted by Gasteiger charge is -2.14. The predicted octanol–water partition coefficient (Wildman–Crippen LogP) is 14.5. The van der Waals surface area contributed by atoms with Crippen LogP contribution in [-0.4, -0.2) is 9.13 Å². The smallest absolute Gasteiger partial charge is 0.0641 e. The van der Waals surface area contributed by atoms with E-state index in [0.29, 0.717) is 0 Å². The molecule has 0 unspecified atom stereocenters. The third-order valence-corrected chi connectivity index (χ3v) is 12.2. The number of benzene rings is 9. The van der Waals surface area contributed by atoms with Gasteiger partial charge in [0, 0.05) is 33.7 Å². The van der Waals surface area contributed by atoms with Crippen molar-refractivity contribution in [1.29, 1.82) is 0 Å². The number of hydrogen-bond acceptors (Lipinski definition) is 0. The quantitative estimate of drug-likeness (QED) is 0.167. The largest absolute Gasteiger partial charge is 0.309 e. The molecule has 0 aliphatic heterocycles. The van der Waals surface area contributed by atoms with Crippen LogP contribution in [0.2, 0.25) is 0 Å². The maximum Gasteiger partial charge on any atom is 0.0641 e. The number of aromatic nitrogens is 2. The summed E-state index contributed by atoms with van der Waals surface area (Å²) in [5, 5.41) is 5.09. The van der Waals surface area contributed by atoms with Crippen LogP contribution in [0.5, 0.6) is 0 Å². The summed E-state index contributed by atoms with van der Waals surface area (Å²) in [4.78, 5) is 0. The molecule has 2 heterocycles. The molecule has 0 radical (unpaired) electrons. The van der Waals surface area contributed by atoms with E-state index in [0.717, 1.165) is 6.42 Å². The maximum atomic E-state index is 2.53. The Labute approximate surface area is 331 Å². The lowest BCUT2D eigenvalue weighted by Crippen LogP contribution is -1.99. The van der Waals surface area contributed by atoms with Gasteiger partial charge in [0.05, 0.1) is 27.8 Å². The second-order valence-corrected chi connectivity index (χ2v) is 15.2. The molecule has 0 amide bonds. The minimum atomic E-state index is 0.869. The number of nitrogens with zero attached hydrogens (tertiary/aromatic N) is 2. The molecule has 9 aromatic carbocycles. The Balaban J connectivity index is 1.01. The van der Waals surface area contributed by atoms with Gasteiger partial charge in [0.15, 0.2) is 0 Å². The van der Waals surface area contributed by atoms with E-state index in [1.54, 1.807) is 0 Å². The molecule has 0 saturated carbocycles. The summed E-state index contributed by atoms with van der Waals surface area (Å²) < 4.78 is 4.99. The third kappa shape index (κ3) is 4.84. The highest BCUT2D eigenvalue weighted by Gasteiger charge is 2.27. The van der Waals surface area contributed by atoms with Gasteiger partial charge in [0.1, 0.15) is 0 Å². The van der Waals surface area contributed by atoms with Crippen molar-refractivity contribution in [2.45, 2.75) is 6.42 Å². The first-order valence-corrected chi connectivity index (χ1v) is 19.8. The van der Waals surface area contributed by atoms with Gasteiger partial charge in [-0.2, -0.15) is 0 Å². The van der Waals surface area contributed by atoms with Crippen LogP contribution in [-0.2, 0) is 6.42 Å². The molecule has 1 aliphatic rings. The van der Waals surface area contributed by atoms with Crippen LogP contribution < -0.4 is 0 Å². The van der Waals surface area contributed by atoms with Gasteiger partial charge in [-0.1, -0.05) is 164 Å². The Bertz CT molecular complexity index is 3350. The minimum absolute atomic E-state index is 0.869. The Hall–Kier alpha value is -7.42. The molecule has 2 aromatic heterocycles. The first-order valence-electron chi connectivity index (χ1n) is 19.8. The van der Waals surface area contributed by atoms with Crippen molar-refractivity contribution in [2.24, 2.45) is 0 Å². The van der Waals surface area contributed by atoms with Gasteiger partial charge >= 0.3 is 0 Å². The van der Waals surface area contributed by atoms with Gasteiger partial charge in [-0.05, 0) is 98.1 Å². The molecule has 57 heavy (non-hydrogen) atoms. The summed E-state index contributed by atoms with van der Waals surface area (Å²) in [6, 6.07) is 75.7. The molecule has 2 nitrogen and oxygen atoms in total. The Morgan fingerprint density at radius 1 is 0.316 bits per heavy atom. The molecule has 0 N–H and O–H groups in total. The van der Waals surface area contributed by atoms with Crippen LogP contribution in [0.25, 0.3) is 99.5 Å². The standard InChI is InChI=1S/C55H36N2/c1-3-14-36(15-4-1)37-28-30-38(31-29-37)39-16-11-17-40(34-39)42-22-12-23-43-44-24-13-27-52(49(44)35-48(42)43)57-51-26-10-8-21-47(51)54-53(57)33-32-46-45-20-7-9-25-50(45)56(55(46)54)41-18-5-2-6-19-41/h1-34H,35H2. The molecule has 0 bridgehead atoms. The van der Waals surface area contributed by atoms with E-state index in [9.17, 15) is 0 Å². The number of hydrogen-bond donors (Lipinski definition) is 0. The van der Waals surface area contributed by atoms with E-state index in [2.05, 4.69) is 215 Å². The molecule has 1 aliphatic carbocycles. The molecule has 2 heteroatoms. The Morgan fingerprint density at radius 3 is 1.67 bits per heavy atom. The van der Waals surface area contributed by atoms with Crippen LogP contribution in [0.3, 0.4) is 0 Å². The summed E-state index contributed by atoms with van der Waals surface area (Å²) >= 11 is 0. The maximum absolute atomic E-state index is 2.53. The Morgan fingerprint density at radius 2 is 0.877 bits per heavy atom. The highest BCUT2D eigenvalue weighted by Crippen LogP contribution is 2.47. The van der Waals surface area contributed by atoms with Crippen molar-refractivity contribution in [2.75, 3.05) is 0 Å². The molecular formula is C55H36N2. The molecular weight excluding hydrogens is 689 g/mol. The van der Waals surface area contributed by atoms with Crippen molar-refractivity contribution in [1.82, 2.24) is 9.13 Å². The number of fused-ring (bicyclic) bond motifs is 10. The zero-order valence-corrected chi connectivity index (χ0v) is 31.2. The SMILES string of the molecule is c1ccc(-c2ccc(-c3cccc(-c4cccc5c4Cc4c-5cccc4-n4c5ccccc5c5c4ccc4c6ccccc6n(-c6ccccc6)c45)c3)cc2)cc1. The summed E-state index contributed by atoms with van der Waals surface area (Å²) in [6.07, 6.45) is 0.869. The molecule has 0 fully saturated rings. The van der Waals surface area contributed by atoms with Gasteiger partial charge in [0.2, 0.25) is 0 Å². The van der Waals surface area contributed by atoms with Crippen LogP contribution in [0.15, 0.2) is 206 Å². The average molecular weight is 725 g/mol. The van der Waals surface area contributed by atoms with Crippen LogP contribution in [0.1, 0.15) is 11.1 Å². The molecule has 11 aromatic rings. The second kappa shape index (κ2) is 12.6. The van der Waals surface area contributed by atoms with Gasteiger partial charge in [-0.15, -0.1) is 0 Å². The van der Waals surface area contributed by atoms with Crippen molar-refractivity contribution in [3.63, 3.8) is 0 Å². The van der Waals surface area contributed by atoms with Gasteiger partial charge in [-0.25, -0.2) is 0 Å². The van der Waals surface area contributed by atoms with E-state index >= 15 is 0 Å². The zero-order valence-electron chi connectivity index (χ0n) is 31.2. The third-order valence-electron chi connectivity index (χ3n) is 12.2. The summed E-state index contributed by atoms with van der Waals surface area (Å²) in [6.45, 7) is 0. The van der Waals surface area contributed by atoms with E-state index in [1.807, 2.05) is 0 Å². The van der Waals surface area contributed by atoms with Crippen LogP contribution in [0, 0.1) is 0 Å². The van der Waals surface area contributed by atoms with E-state index in [4.69, 9.17) is 0 Å². The highest BCUT2D eigenvalue weighted by molar-refractivity contribution is 6.26. The van der Waals surface area contributed by atoms with Crippen LogP contribution >= 0.6 is 0 Å². The summed E-state index contributed by atoms with van der Waals surface area (Å²) in [5.74, 6) is 0. The monoisotopic (exact) mass is 724 g/mol. The van der Waals surface area contributed by atoms with Crippen molar-refractivity contribution >= 4 is 43.6 Å². The molecule has 0 atom stereocenters. The number of rotatable bonds is 5. The fourth-order valence-corrected chi connectivity index (χ4v) is 9.66. The second-order valence-electron chi connectivity index (χ2n) is 15.2. The zero-order chi connectivity index (χ0) is 37.5. The van der Waals surface area contributed by atoms with Crippen LogP contribution in [0.4, 0.5) is 0 Å². The summed E-state index contributed by atoms with van der Waals surface area (Å²) in [7, 11) is 0. The Kier molecular flexibility index (Phi) is 7.02. The topological polar surface area (TPSA) is 9.86 Å². The molecule has 0 saturated heterocycles. The lowest BCUT2D eigenvalue weighted by atomic mass is 9.93. The first-order chi connectivity index (χ1) is 28.3. The predicted molar refractivity (Wildman–Crippen MR) is 240 cm³/mol. The normalized spacial score (nSPS) is 12.1. The van der Waals surface area contributed by atoms with E-state index in [-0.39, 0.29) is 0 Å². The van der Waals surface area contributed by atoms with Gasteiger partial charge in [-0.3, -0.25) is 0 Å². The first kappa shape index (κ1) is 31.9. The molecule has 12 rings (SSSR count).